The first-order chi connectivity index (χ1) is 16.5. The van der Waals surface area contributed by atoms with Gasteiger partial charge in [0.15, 0.2) is 0 Å². The maximum atomic E-state index is 3.78. The molecule has 6 heteroatoms. The number of nitrogens with one attached hydrogen (secondary N) is 3. The maximum absolute atomic E-state index is 3.78. The van der Waals surface area contributed by atoms with Crippen LogP contribution in [0, 0.1) is 13.8 Å². The minimum atomic E-state index is 0. The largest absolute Gasteiger partial charge is 2.00 e. The average Bonchev–Trinajstić information content (AvgIpc) is 2.78. The maximum Gasteiger partial charge on any atom is 2.00 e. The van der Waals surface area contributed by atoms with E-state index in [-0.39, 0.29) is 41.6 Å². The number of aryl methyl sites for hydroxylation is 2. The van der Waals surface area contributed by atoms with Gasteiger partial charge in [-0.25, -0.2) is 0 Å². The predicted molar refractivity (Wildman–Crippen MR) is 158 cm³/mol. The molecule has 38 heavy (non-hydrogen) atoms. The molecule has 2 aromatic rings. The molecule has 0 spiro atoms. The Kier molecular flexibility index (Phi) is 19.8. The van der Waals surface area contributed by atoms with Gasteiger partial charge in [0.1, 0.15) is 0 Å². The molecule has 3 nitrogen and oxygen atoms in total. The molecule has 0 fully saturated rings. The van der Waals surface area contributed by atoms with E-state index in [1.165, 1.54) is 44.8 Å². The van der Waals surface area contributed by atoms with Crippen molar-refractivity contribution in [2.45, 2.75) is 106 Å². The Bertz CT molecular complexity index is 809. The van der Waals surface area contributed by atoms with Gasteiger partial charge in [-0.1, -0.05) is 90.8 Å². The molecule has 0 amide bonds. The van der Waals surface area contributed by atoms with Crippen LogP contribution < -0.4 is 40.8 Å². The standard InChI is InChI=1S/C32H53N3.2ClH.Co/c1-21(2)27-17-25(9)18-28(22(3)4)31(27)34-15-11-13-33-14-12-16-35-32-29(23(5)6)19-26(10)20-30(32)24(7)8;;;/h17-24,33-35H,11-16H2,1-10H3;2*1H;/q;;;+2/p-2. The fourth-order valence-electron chi connectivity index (χ4n) is 4.89. The fourth-order valence-corrected chi connectivity index (χ4v) is 4.89. The molecule has 2 aromatic carbocycles. The Morgan fingerprint density at radius 2 is 0.763 bits per heavy atom. The first-order valence-corrected chi connectivity index (χ1v) is 14.0. The Morgan fingerprint density at radius 3 is 1.00 bits per heavy atom. The average molecular weight is 610 g/mol. The minimum Gasteiger partial charge on any atom is -1.00 e. The second kappa shape index (κ2) is 19.2. The minimum absolute atomic E-state index is 0. The molecule has 219 valence electrons. The molecule has 0 aliphatic carbocycles. The van der Waals surface area contributed by atoms with E-state index >= 15 is 0 Å². The molecule has 0 saturated carbocycles. The van der Waals surface area contributed by atoms with Crippen LogP contribution in [0.1, 0.15) is 125 Å². The van der Waals surface area contributed by atoms with Crippen LogP contribution in [0.3, 0.4) is 0 Å². The van der Waals surface area contributed by atoms with Crippen LogP contribution in [0.2, 0.25) is 0 Å². The van der Waals surface area contributed by atoms with Gasteiger partial charge in [0.25, 0.3) is 0 Å². The molecule has 3 N–H and O–H groups in total. The molecule has 0 aliphatic rings. The Hall–Kier alpha value is -0.914. The van der Waals surface area contributed by atoms with Crippen LogP contribution in [-0.4, -0.2) is 26.2 Å². The van der Waals surface area contributed by atoms with E-state index in [2.05, 4.69) is 109 Å². The second-order valence-electron chi connectivity index (χ2n) is 11.6. The molecule has 0 atom stereocenters. The summed E-state index contributed by atoms with van der Waals surface area (Å²) in [6, 6.07) is 9.42. The van der Waals surface area contributed by atoms with E-state index in [1.54, 1.807) is 0 Å². The molecular weight excluding hydrogens is 556 g/mol. The summed E-state index contributed by atoms with van der Waals surface area (Å²) < 4.78 is 0. The molecule has 0 aromatic heterocycles. The topological polar surface area (TPSA) is 36.1 Å². The van der Waals surface area contributed by atoms with Gasteiger partial charge < -0.3 is 40.8 Å². The van der Waals surface area contributed by atoms with Crippen molar-refractivity contribution in [3.05, 3.63) is 57.6 Å². The number of anilines is 2. The molecule has 0 heterocycles. The SMILES string of the molecule is Cc1cc(C(C)C)c(NCCCNCCCNc2c(C(C)C)cc(C)cc2C(C)C)c(C(C)C)c1.[Cl-].[Cl-].[Co+2]. The molecule has 0 unspecified atom stereocenters. The van der Waals surface area contributed by atoms with E-state index in [9.17, 15) is 0 Å². The van der Waals surface area contributed by atoms with Gasteiger partial charge in [-0.2, -0.15) is 0 Å². The van der Waals surface area contributed by atoms with Gasteiger partial charge in [0.05, 0.1) is 0 Å². The van der Waals surface area contributed by atoms with Crippen molar-refractivity contribution in [1.29, 1.82) is 0 Å². The van der Waals surface area contributed by atoms with Crippen LogP contribution in [0.15, 0.2) is 24.3 Å². The summed E-state index contributed by atoms with van der Waals surface area (Å²) in [5.74, 6) is 2.12. The number of hydrogen-bond acceptors (Lipinski definition) is 3. The molecule has 1 radical (unpaired) electrons. The Morgan fingerprint density at radius 1 is 0.500 bits per heavy atom. The second-order valence-corrected chi connectivity index (χ2v) is 11.6. The third kappa shape index (κ3) is 11.7. The molecule has 2 rings (SSSR count). The summed E-state index contributed by atoms with van der Waals surface area (Å²) in [6.45, 7) is 26.9. The van der Waals surface area contributed by atoms with Crippen molar-refractivity contribution >= 4 is 11.4 Å². The van der Waals surface area contributed by atoms with E-state index in [4.69, 9.17) is 0 Å². The number of hydrogen-bond donors (Lipinski definition) is 3. The number of halogens is 2. The first-order valence-electron chi connectivity index (χ1n) is 14.0. The Labute approximate surface area is 257 Å². The summed E-state index contributed by atoms with van der Waals surface area (Å²) in [5.41, 5.74) is 11.3. The van der Waals surface area contributed by atoms with Crippen LogP contribution in [0.4, 0.5) is 11.4 Å². The summed E-state index contributed by atoms with van der Waals surface area (Å²) in [6.07, 6.45) is 2.26. The van der Waals surface area contributed by atoms with Crippen LogP contribution in [0.5, 0.6) is 0 Å². The zero-order valence-electron chi connectivity index (χ0n) is 25.5. The van der Waals surface area contributed by atoms with Gasteiger partial charge >= 0.3 is 16.8 Å². The monoisotopic (exact) mass is 608 g/mol. The summed E-state index contributed by atoms with van der Waals surface area (Å²) in [7, 11) is 0. The first kappa shape index (κ1) is 39.2. The van der Waals surface area contributed by atoms with E-state index in [0.717, 1.165) is 39.0 Å². The van der Waals surface area contributed by atoms with Crippen LogP contribution in [-0.2, 0) is 16.8 Å². The summed E-state index contributed by atoms with van der Waals surface area (Å²) in [5, 5.41) is 11.2. The molecule has 0 saturated heterocycles. The third-order valence-corrected chi connectivity index (χ3v) is 6.84. The molecule has 0 aliphatic heterocycles. The zero-order chi connectivity index (χ0) is 26.1. The van der Waals surface area contributed by atoms with Gasteiger partial charge in [-0.15, -0.1) is 0 Å². The number of benzene rings is 2. The Balaban J connectivity index is 0. The van der Waals surface area contributed by atoms with E-state index in [1.807, 2.05) is 0 Å². The van der Waals surface area contributed by atoms with E-state index in [0.29, 0.717) is 23.7 Å². The fraction of sp³-hybridized carbons (Fsp3) is 0.625. The van der Waals surface area contributed by atoms with Gasteiger partial charge in [0, 0.05) is 24.5 Å². The van der Waals surface area contributed by atoms with Crippen molar-refractivity contribution in [2.24, 2.45) is 0 Å². The van der Waals surface area contributed by atoms with Crippen molar-refractivity contribution in [1.82, 2.24) is 5.32 Å². The van der Waals surface area contributed by atoms with Crippen molar-refractivity contribution in [3.8, 4) is 0 Å². The van der Waals surface area contributed by atoms with Crippen LogP contribution in [0.25, 0.3) is 0 Å². The van der Waals surface area contributed by atoms with E-state index < -0.39 is 0 Å². The predicted octanol–water partition coefficient (Wildman–Crippen LogP) is 2.70. The summed E-state index contributed by atoms with van der Waals surface area (Å²) >= 11 is 0. The number of rotatable bonds is 14. The van der Waals surface area contributed by atoms with Crippen molar-refractivity contribution in [3.63, 3.8) is 0 Å². The van der Waals surface area contributed by atoms with Gasteiger partial charge in [0.2, 0.25) is 0 Å². The molecule has 0 bridgehead atoms. The quantitative estimate of drug-likeness (QED) is 0.289. The third-order valence-electron chi connectivity index (χ3n) is 6.84. The molecular formula is C32H53Cl2CoN3. The zero-order valence-corrected chi connectivity index (χ0v) is 28.0. The summed E-state index contributed by atoms with van der Waals surface area (Å²) in [4.78, 5) is 0. The van der Waals surface area contributed by atoms with Crippen molar-refractivity contribution < 1.29 is 41.6 Å². The normalized spacial score (nSPS) is 10.9. The van der Waals surface area contributed by atoms with Crippen LogP contribution >= 0.6 is 0 Å². The van der Waals surface area contributed by atoms with Gasteiger partial charge in [-0.3, -0.25) is 0 Å². The van der Waals surface area contributed by atoms with Gasteiger partial charge in [-0.05, 0) is 85.7 Å². The smallest absolute Gasteiger partial charge is 1.00 e. The van der Waals surface area contributed by atoms with Crippen molar-refractivity contribution in [2.75, 3.05) is 36.8 Å².